The molecule has 0 aromatic heterocycles. The zero-order valence-electron chi connectivity index (χ0n) is 13.5. The predicted molar refractivity (Wildman–Crippen MR) is 85.2 cm³/mol. The molecular weight excluding hydrogens is 267 g/mol. The molecule has 0 amide bonds. The second-order valence-corrected chi connectivity index (χ2v) is 6.17. The Morgan fingerprint density at radius 2 is 2.14 bits per heavy atom. The number of halogens is 1. The quantitative estimate of drug-likeness (QED) is 0.876. The van der Waals surface area contributed by atoms with Crippen LogP contribution in [-0.4, -0.2) is 30.8 Å². The molecule has 2 rings (SSSR count). The van der Waals surface area contributed by atoms with Gasteiger partial charge in [0.05, 0.1) is 6.10 Å². The lowest BCUT2D eigenvalue weighted by atomic mass is 10.0. The van der Waals surface area contributed by atoms with Crippen molar-refractivity contribution in [2.45, 2.75) is 46.3 Å². The molecule has 1 aromatic rings. The first-order chi connectivity index (χ1) is 9.93. The van der Waals surface area contributed by atoms with Gasteiger partial charge in [-0.25, -0.2) is 4.39 Å². The fourth-order valence-corrected chi connectivity index (χ4v) is 3.12. The molecule has 4 heteroatoms. The summed E-state index contributed by atoms with van der Waals surface area (Å²) in [5, 5.41) is 13.1. The van der Waals surface area contributed by atoms with E-state index >= 15 is 0 Å². The van der Waals surface area contributed by atoms with Crippen LogP contribution in [0.15, 0.2) is 12.1 Å². The van der Waals surface area contributed by atoms with Gasteiger partial charge in [0.2, 0.25) is 0 Å². The molecule has 3 unspecified atom stereocenters. The Morgan fingerprint density at radius 1 is 1.43 bits per heavy atom. The highest BCUT2D eigenvalue weighted by Crippen LogP contribution is 2.33. The summed E-state index contributed by atoms with van der Waals surface area (Å²) in [6.45, 7) is 10.4. The Hall–Kier alpha value is -1.13. The van der Waals surface area contributed by atoms with Gasteiger partial charge < -0.3 is 15.3 Å². The molecule has 1 heterocycles. The van der Waals surface area contributed by atoms with Gasteiger partial charge in [-0.3, -0.25) is 0 Å². The molecule has 0 saturated carbocycles. The number of hydrogen-bond donors (Lipinski definition) is 2. The van der Waals surface area contributed by atoms with Gasteiger partial charge in [0.1, 0.15) is 5.82 Å². The smallest absolute Gasteiger partial charge is 0.126 e. The molecule has 21 heavy (non-hydrogen) atoms. The fraction of sp³-hybridized carbons (Fsp3) is 0.647. The molecule has 1 aliphatic rings. The number of nitrogens with zero attached hydrogens (tertiary/aromatic N) is 1. The van der Waals surface area contributed by atoms with Crippen LogP contribution in [0.5, 0.6) is 0 Å². The maximum atomic E-state index is 14.0. The summed E-state index contributed by atoms with van der Waals surface area (Å²) in [4.78, 5) is 2.28. The molecule has 3 nitrogen and oxygen atoms in total. The Bertz CT molecular complexity index is 490. The van der Waals surface area contributed by atoms with E-state index in [-0.39, 0.29) is 18.0 Å². The minimum Gasteiger partial charge on any atom is -0.393 e. The maximum absolute atomic E-state index is 14.0. The van der Waals surface area contributed by atoms with Crippen LogP contribution in [0.2, 0.25) is 0 Å². The first-order valence-corrected chi connectivity index (χ1v) is 7.90. The molecule has 0 radical (unpaired) electrons. The third-order valence-corrected chi connectivity index (χ3v) is 4.53. The third-order valence-electron chi connectivity index (χ3n) is 4.53. The number of rotatable bonds is 5. The van der Waals surface area contributed by atoms with E-state index in [4.69, 9.17) is 0 Å². The van der Waals surface area contributed by atoms with Gasteiger partial charge >= 0.3 is 0 Å². The van der Waals surface area contributed by atoms with Crippen molar-refractivity contribution in [1.82, 2.24) is 5.32 Å². The van der Waals surface area contributed by atoms with Crippen LogP contribution in [0.4, 0.5) is 10.1 Å². The molecule has 1 aromatic carbocycles. The molecule has 1 aliphatic heterocycles. The van der Waals surface area contributed by atoms with Crippen molar-refractivity contribution in [1.29, 1.82) is 0 Å². The number of anilines is 1. The van der Waals surface area contributed by atoms with Crippen LogP contribution < -0.4 is 10.2 Å². The van der Waals surface area contributed by atoms with Crippen molar-refractivity contribution in [3.8, 4) is 0 Å². The van der Waals surface area contributed by atoms with Crippen LogP contribution in [0, 0.1) is 18.7 Å². The van der Waals surface area contributed by atoms with Crippen LogP contribution in [-0.2, 0) is 0 Å². The van der Waals surface area contributed by atoms with Gasteiger partial charge in [-0.1, -0.05) is 6.92 Å². The zero-order valence-corrected chi connectivity index (χ0v) is 13.5. The lowest BCUT2D eigenvalue weighted by Crippen LogP contribution is -2.27. The summed E-state index contributed by atoms with van der Waals surface area (Å²) in [5.74, 6) is 0.155. The molecule has 1 fully saturated rings. The van der Waals surface area contributed by atoms with Crippen molar-refractivity contribution < 1.29 is 9.50 Å². The second kappa shape index (κ2) is 6.75. The number of benzene rings is 1. The summed E-state index contributed by atoms with van der Waals surface area (Å²) < 4.78 is 14.0. The SMILES string of the molecule is CCNC(C)c1cc(F)c(C)cc1N1CCC(C(C)O)C1. The van der Waals surface area contributed by atoms with Gasteiger partial charge in [-0.2, -0.15) is 0 Å². The van der Waals surface area contributed by atoms with Crippen LogP contribution in [0.25, 0.3) is 0 Å². The van der Waals surface area contributed by atoms with E-state index in [1.807, 2.05) is 19.9 Å². The van der Waals surface area contributed by atoms with E-state index < -0.39 is 0 Å². The van der Waals surface area contributed by atoms with Crippen molar-refractivity contribution in [3.63, 3.8) is 0 Å². The highest BCUT2D eigenvalue weighted by Gasteiger charge is 2.28. The largest absolute Gasteiger partial charge is 0.393 e. The lowest BCUT2D eigenvalue weighted by Gasteiger charge is -2.26. The van der Waals surface area contributed by atoms with Crippen molar-refractivity contribution in [3.05, 3.63) is 29.1 Å². The highest BCUT2D eigenvalue weighted by atomic mass is 19.1. The van der Waals surface area contributed by atoms with E-state index in [1.54, 1.807) is 6.07 Å². The summed E-state index contributed by atoms with van der Waals surface area (Å²) in [5.41, 5.74) is 2.79. The number of nitrogens with one attached hydrogen (secondary N) is 1. The average Bonchev–Trinajstić information content (AvgIpc) is 2.91. The molecule has 0 aliphatic carbocycles. The third kappa shape index (κ3) is 3.55. The van der Waals surface area contributed by atoms with Crippen LogP contribution in [0.3, 0.4) is 0 Å². The van der Waals surface area contributed by atoms with Gasteiger partial charge in [-0.15, -0.1) is 0 Å². The number of aryl methyl sites for hydroxylation is 1. The lowest BCUT2D eigenvalue weighted by molar-refractivity contribution is 0.136. The van der Waals surface area contributed by atoms with E-state index in [1.165, 1.54) is 0 Å². The Morgan fingerprint density at radius 3 is 2.71 bits per heavy atom. The standard InChI is InChI=1S/C17H27FN2O/c1-5-19-12(3)15-9-16(18)11(2)8-17(15)20-7-6-14(10-20)13(4)21/h8-9,12-14,19,21H,5-7,10H2,1-4H3. The second-order valence-electron chi connectivity index (χ2n) is 6.17. The van der Waals surface area contributed by atoms with Crippen LogP contribution in [0.1, 0.15) is 44.4 Å². The molecule has 118 valence electrons. The molecule has 1 saturated heterocycles. The van der Waals surface area contributed by atoms with Gasteiger partial charge in [-0.05, 0) is 57.0 Å². The summed E-state index contributed by atoms with van der Waals surface area (Å²) in [7, 11) is 0. The first kappa shape index (κ1) is 16.2. The average molecular weight is 294 g/mol. The number of aliphatic hydroxyl groups is 1. The molecule has 2 N–H and O–H groups in total. The zero-order chi connectivity index (χ0) is 15.6. The van der Waals surface area contributed by atoms with E-state index in [0.29, 0.717) is 11.5 Å². The number of hydrogen-bond acceptors (Lipinski definition) is 3. The van der Waals surface area contributed by atoms with Crippen molar-refractivity contribution in [2.24, 2.45) is 5.92 Å². The van der Waals surface area contributed by atoms with Crippen LogP contribution >= 0.6 is 0 Å². The topological polar surface area (TPSA) is 35.5 Å². The Labute approximate surface area is 127 Å². The normalized spacial score (nSPS) is 21.6. The highest BCUT2D eigenvalue weighted by molar-refractivity contribution is 5.58. The van der Waals surface area contributed by atoms with E-state index in [2.05, 4.69) is 24.1 Å². The molecule has 0 spiro atoms. The Kier molecular flexibility index (Phi) is 5.22. The summed E-state index contributed by atoms with van der Waals surface area (Å²) >= 11 is 0. The first-order valence-electron chi connectivity index (χ1n) is 7.90. The van der Waals surface area contributed by atoms with Crippen molar-refractivity contribution in [2.75, 3.05) is 24.5 Å². The molecular formula is C17H27FN2O. The summed E-state index contributed by atoms with van der Waals surface area (Å²) in [6.07, 6.45) is 0.703. The van der Waals surface area contributed by atoms with Crippen molar-refractivity contribution >= 4 is 5.69 Å². The fourth-order valence-electron chi connectivity index (χ4n) is 3.12. The van der Waals surface area contributed by atoms with E-state index in [9.17, 15) is 9.50 Å². The number of aliphatic hydroxyl groups excluding tert-OH is 1. The Balaban J connectivity index is 2.31. The minimum atomic E-state index is -0.286. The predicted octanol–water partition coefficient (Wildman–Crippen LogP) is 3.01. The maximum Gasteiger partial charge on any atom is 0.126 e. The molecule has 0 bridgehead atoms. The van der Waals surface area contributed by atoms with Gasteiger partial charge in [0, 0.05) is 30.7 Å². The monoisotopic (exact) mass is 294 g/mol. The minimum absolute atomic E-state index is 0.116. The van der Waals surface area contributed by atoms with E-state index in [0.717, 1.165) is 37.3 Å². The van der Waals surface area contributed by atoms with Gasteiger partial charge in [0.15, 0.2) is 0 Å². The van der Waals surface area contributed by atoms with Gasteiger partial charge in [0.25, 0.3) is 0 Å². The summed E-state index contributed by atoms with van der Waals surface area (Å²) in [6, 6.07) is 3.72. The molecule has 3 atom stereocenters.